The molecule has 1 fully saturated rings. The summed E-state index contributed by atoms with van der Waals surface area (Å²) in [5.41, 5.74) is 1.43. The fourth-order valence-corrected chi connectivity index (χ4v) is 3.19. The Morgan fingerprint density at radius 3 is 2.60 bits per heavy atom. The number of carbonyl (C=O) groups excluding carboxylic acids is 1. The molecule has 2 heterocycles. The second kappa shape index (κ2) is 8.29. The maximum absolute atomic E-state index is 12.4. The van der Waals surface area contributed by atoms with Crippen molar-refractivity contribution in [3.05, 3.63) is 70.1 Å². The zero-order valence-electron chi connectivity index (χ0n) is 13.7. The zero-order valence-corrected chi connectivity index (χ0v) is 14.5. The molecule has 1 aromatic heterocycles. The van der Waals surface area contributed by atoms with Crippen LogP contribution in [0.1, 0.15) is 22.0 Å². The van der Waals surface area contributed by atoms with Gasteiger partial charge in [0.15, 0.2) is 12.4 Å². The molecule has 0 radical (unpaired) electrons. The molecule has 2 aromatic rings. The van der Waals surface area contributed by atoms with Gasteiger partial charge in [0.05, 0.1) is 24.8 Å². The summed E-state index contributed by atoms with van der Waals surface area (Å²) in [5.74, 6) is -0.217. The van der Waals surface area contributed by atoms with Gasteiger partial charge >= 0.3 is 0 Å². The minimum atomic E-state index is -0.217. The number of carbonyl (C=O) groups is 1. The molecule has 1 aliphatic heterocycles. The lowest BCUT2D eigenvalue weighted by Crippen LogP contribution is -2.44. The first-order valence-corrected chi connectivity index (χ1v) is 8.56. The highest BCUT2D eigenvalue weighted by Gasteiger charge is 2.25. The van der Waals surface area contributed by atoms with Gasteiger partial charge in [-0.05, 0) is 11.6 Å². The summed E-state index contributed by atoms with van der Waals surface area (Å²) < 4.78 is 6.08. The normalized spacial score (nSPS) is 16.4. The maximum atomic E-state index is 12.4. The highest BCUT2D eigenvalue weighted by molar-refractivity contribution is 6.31. The van der Waals surface area contributed by atoms with Crippen molar-refractivity contribution in [3.63, 3.8) is 0 Å². The largest absolute Gasteiger partial charge is 0.619 e. The number of ether oxygens (including phenoxy) is 1. The number of benzene rings is 1. The SMILES string of the molecule is O=C(NCC(c1ccccc1Cl)N1CCOCC1)c1cc[n+]([O-])cc1. The molecule has 3 rings (SSSR count). The molecular formula is C18H20ClN3O3. The van der Waals surface area contributed by atoms with E-state index in [1.54, 1.807) is 0 Å². The molecule has 7 heteroatoms. The van der Waals surface area contributed by atoms with Crippen LogP contribution in [0.25, 0.3) is 0 Å². The van der Waals surface area contributed by atoms with Gasteiger partial charge in [0.2, 0.25) is 0 Å². The van der Waals surface area contributed by atoms with Crippen molar-refractivity contribution in [2.75, 3.05) is 32.8 Å². The van der Waals surface area contributed by atoms with Crippen molar-refractivity contribution < 1.29 is 14.3 Å². The van der Waals surface area contributed by atoms with Crippen LogP contribution in [-0.2, 0) is 4.74 Å². The Morgan fingerprint density at radius 1 is 1.24 bits per heavy atom. The Bertz CT molecular complexity index is 718. The molecule has 1 unspecified atom stereocenters. The van der Waals surface area contributed by atoms with E-state index in [0.717, 1.165) is 18.7 Å². The molecule has 1 aromatic carbocycles. The van der Waals surface area contributed by atoms with E-state index in [1.165, 1.54) is 24.5 Å². The second-order valence-electron chi connectivity index (χ2n) is 5.84. The maximum Gasteiger partial charge on any atom is 0.251 e. The van der Waals surface area contributed by atoms with Gasteiger partial charge in [-0.15, -0.1) is 0 Å². The molecule has 0 aliphatic carbocycles. The van der Waals surface area contributed by atoms with Crippen LogP contribution in [0.2, 0.25) is 5.02 Å². The van der Waals surface area contributed by atoms with Gasteiger partial charge in [0.25, 0.3) is 5.91 Å². The third-order valence-electron chi connectivity index (χ3n) is 4.27. The summed E-state index contributed by atoms with van der Waals surface area (Å²) in [4.78, 5) is 14.6. The van der Waals surface area contributed by atoms with Crippen LogP contribution >= 0.6 is 11.6 Å². The van der Waals surface area contributed by atoms with E-state index in [9.17, 15) is 10.0 Å². The topological polar surface area (TPSA) is 68.5 Å². The summed E-state index contributed by atoms with van der Waals surface area (Å²) in [5, 5.41) is 14.7. The first kappa shape index (κ1) is 17.7. The van der Waals surface area contributed by atoms with Gasteiger partial charge < -0.3 is 15.3 Å². The Kier molecular flexibility index (Phi) is 5.86. The van der Waals surface area contributed by atoms with Crippen LogP contribution in [0.15, 0.2) is 48.8 Å². The van der Waals surface area contributed by atoms with E-state index in [0.29, 0.717) is 35.1 Å². The van der Waals surface area contributed by atoms with Gasteiger partial charge in [0, 0.05) is 36.8 Å². The molecule has 1 saturated heterocycles. The standard InChI is InChI=1S/C18H20ClN3O3/c19-16-4-2-1-3-15(16)17(21-9-11-25-12-10-21)13-20-18(23)14-5-7-22(24)8-6-14/h1-8,17H,9-13H2,(H,20,23). The molecule has 1 aliphatic rings. The molecule has 6 nitrogen and oxygen atoms in total. The van der Waals surface area contributed by atoms with E-state index in [1.807, 2.05) is 24.3 Å². The smallest absolute Gasteiger partial charge is 0.251 e. The zero-order chi connectivity index (χ0) is 17.6. The van der Waals surface area contributed by atoms with Crippen LogP contribution in [0.5, 0.6) is 0 Å². The fraction of sp³-hybridized carbons (Fsp3) is 0.333. The predicted octanol–water partition coefficient (Wildman–Crippen LogP) is 1.78. The first-order chi connectivity index (χ1) is 12.1. The summed E-state index contributed by atoms with van der Waals surface area (Å²) in [6.45, 7) is 3.32. The number of halogens is 1. The van der Waals surface area contributed by atoms with Crippen molar-refractivity contribution >= 4 is 17.5 Å². The Hall–Kier alpha value is -2.15. The van der Waals surface area contributed by atoms with Gasteiger partial charge in [-0.2, -0.15) is 4.73 Å². The number of amides is 1. The number of hydrogen-bond donors (Lipinski definition) is 1. The Labute approximate surface area is 151 Å². The average Bonchev–Trinajstić information content (AvgIpc) is 2.64. The molecule has 25 heavy (non-hydrogen) atoms. The van der Waals surface area contributed by atoms with Crippen molar-refractivity contribution in [1.29, 1.82) is 0 Å². The number of nitrogens with zero attached hydrogens (tertiary/aromatic N) is 2. The second-order valence-corrected chi connectivity index (χ2v) is 6.25. The molecular weight excluding hydrogens is 342 g/mol. The minimum Gasteiger partial charge on any atom is -0.619 e. The summed E-state index contributed by atoms with van der Waals surface area (Å²) in [6.07, 6.45) is 2.62. The number of nitrogens with one attached hydrogen (secondary N) is 1. The molecule has 0 saturated carbocycles. The molecule has 1 amide bonds. The molecule has 0 spiro atoms. The molecule has 1 N–H and O–H groups in total. The van der Waals surface area contributed by atoms with Crippen LogP contribution in [0.3, 0.4) is 0 Å². The number of hydrogen-bond acceptors (Lipinski definition) is 4. The highest BCUT2D eigenvalue weighted by Crippen LogP contribution is 2.27. The lowest BCUT2D eigenvalue weighted by atomic mass is 10.0. The van der Waals surface area contributed by atoms with Crippen molar-refractivity contribution in [2.24, 2.45) is 0 Å². The average molecular weight is 362 g/mol. The Balaban J connectivity index is 1.74. The molecule has 0 bridgehead atoms. The lowest BCUT2D eigenvalue weighted by molar-refractivity contribution is -0.605. The molecule has 132 valence electrons. The van der Waals surface area contributed by atoms with Gasteiger partial charge in [0.1, 0.15) is 0 Å². The number of aromatic nitrogens is 1. The van der Waals surface area contributed by atoms with E-state index >= 15 is 0 Å². The third-order valence-corrected chi connectivity index (χ3v) is 4.62. The van der Waals surface area contributed by atoms with E-state index in [2.05, 4.69) is 10.2 Å². The van der Waals surface area contributed by atoms with E-state index in [-0.39, 0.29) is 11.9 Å². The van der Waals surface area contributed by atoms with Crippen LogP contribution in [0.4, 0.5) is 0 Å². The van der Waals surface area contributed by atoms with Gasteiger partial charge in [-0.1, -0.05) is 29.8 Å². The number of rotatable bonds is 5. The van der Waals surface area contributed by atoms with Crippen LogP contribution in [-0.4, -0.2) is 43.7 Å². The first-order valence-electron chi connectivity index (χ1n) is 8.18. The van der Waals surface area contributed by atoms with Gasteiger partial charge in [-0.25, -0.2) is 0 Å². The number of pyridine rings is 1. The van der Waals surface area contributed by atoms with Crippen LogP contribution < -0.4 is 10.0 Å². The summed E-state index contributed by atoms with van der Waals surface area (Å²) >= 11 is 6.38. The van der Waals surface area contributed by atoms with Crippen molar-refractivity contribution in [1.82, 2.24) is 10.2 Å². The van der Waals surface area contributed by atoms with E-state index < -0.39 is 0 Å². The Morgan fingerprint density at radius 2 is 1.92 bits per heavy atom. The summed E-state index contributed by atoms with van der Waals surface area (Å²) in [7, 11) is 0. The minimum absolute atomic E-state index is 0.0327. The predicted molar refractivity (Wildman–Crippen MR) is 94.3 cm³/mol. The highest BCUT2D eigenvalue weighted by atomic mass is 35.5. The lowest BCUT2D eigenvalue weighted by Gasteiger charge is -2.35. The van der Waals surface area contributed by atoms with Gasteiger partial charge in [-0.3, -0.25) is 9.69 Å². The van der Waals surface area contributed by atoms with Crippen molar-refractivity contribution in [3.8, 4) is 0 Å². The van der Waals surface area contributed by atoms with Crippen molar-refractivity contribution in [2.45, 2.75) is 6.04 Å². The third kappa shape index (κ3) is 4.48. The monoisotopic (exact) mass is 361 g/mol. The fourth-order valence-electron chi connectivity index (χ4n) is 2.93. The van der Waals surface area contributed by atoms with Crippen LogP contribution in [0, 0.1) is 5.21 Å². The summed E-state index contributed by atoms with van der Waals surface area (Å²) in [6, 6.07) is 10.6. The quantitative estimate of drug-likeness (QED) is 0.651. The van der Waals surface area contributed by atoms with E-state index in [4.69, 9.17) is 16.3 Å². The molecule has 1 atom stereocenters. The number of morpholine rings is 1.